The third-order valence-electron chi connectivity index (χ3n) is 4.16. The maximum Gasteiger partial charge on any atom is 0.191 e. The number of aromatic nitrogens is 2. The number of nitrogens with zero attached hydrogens (tertiary/aromatic N) is 3. The summed E-state index contributed by atoms with van der Waals surface area (Å²) in [6.07, 6.45) is 5.82. The first-order valence-electron chi connectivity index (χ1n) is 9.97. The molecule has 2 rings (SSSR count). The second-order valence-electron chi connectivity index (χ2n) is 6.49. The highest BCUT2D eigenvalue weighted by atomic mass is 127. The first-order valence-corrected chi connectivity index (χ1v) is 9.97. The van der Waals surface area contributed by atoms with Crippen molar-refractivity contribution in [1.82, 2.24) is 20.4 Å². The summed E-state index contributed by atoms with van der Waals surface area (Å²) in [6.45, 7) is 9.90. The fraction of sp³-hybridized carbons (Fsp3) is 0.524. The molecule has 0 aliphatic heterocycles. The molecule has 1 aromatic carbocycles. The molecule has 0 bridgehead atoms. The molecule has 29 heavy (non-hydrogen) atoms. The number of hydrogen-bond acceptors (Lipinski definition) is 4. The van der Waals surface area contributed by atoms with Crippen molar-refractivity contribution in [2.24, 2.45) is 4.99 Å². The number of halogens is 1. The van der Waals surface area contributed by atoms with Crippen LogP contribution in [-0.4, -0.2) is 49.1 Å². The summed E-state index contributed by atoms with van der Waals surface area (Å²) >= 11 is 0. The van der Waals surface area contributed by atoms with Gasteiger partial charge in [-0.25, -0.2) is 0 Å². The number of ether oxygens (including phenoxy) is 2. The fourth-order valence-corrected chi connectivity index (χ4v) is 2.84. The summed E-state index contributed by atoms with van der Waals surface area (Å²) < 4.78 is 12.9. The van der Waals surface area contributed by atoms with Crippen molar-refractivity contribution in [2.45, 2.75) is 40.2 Å². The van der Waals surface area contributed by atoms with Gasteiger partial charge in [0.05, 0.1) is 26.5 Å². The fourth-order valence-electron chi connectivity index (χ4n) is 2.84. The van der Waals surface area contributed by atoms with Gasteiger partial charge in [0, 0.05) is 25.8 Å². The number of benzene rings is 1. The zero-order valence-electron chi connectivity index (χ0n) is 17.9. The van der Waals surface area contributed by atoms with Crippen LogP contribution in [0.5, 0.6) is 11.5 Å². The van der Waals surface area contributed by atoms with Crippen molar-refractivity contribution in [1.29, 1.82) is 0 Å². The van der Waals surface area contributed by atoms with Crippen molar-refractivity contribution in [3.05, 3.63) is 41.7 Å². The van der Waals surface area contributed by atoms with E-state index < -0.39 is 0 Å². The number of methoxy groups -OCH3 is 1. The lowest BCUT2D eigenvalue weighted by Gasteiger charge is -2.12. The van der Waals surface area contributed by atoms with E-state index in [1.165, 1.54) is 11.1 Å². The molecular formula is C21H34IN5O2. The van der Waals surface area contributed by atoms with Crippen molar-refractivity contribution in [3.8, 4) is 11.5 Å². The molecule has 0 radical (unpaired) electrons. The largest absolute Gasteiger partial charge is 0.493 e. The van der Waals surface area contributed by atoms with Crippen LogP contribution in [0.4, 0.5) is 0 Å². The van der Waals surface area contributed by atoms with Gasteiger partial charge in [0.1, 0.15) is 0 Å². The lowest BCUT2D eigenvalue weighted by molar-refractivity contribution is 0.310. The molecule has 0 fully saturated rings. The van der Waals surface area contributed by atoms with E-state index in [-0.39, 0.29) is 24.0 Å². The average molecular weight is 515 g/mol. The van der Waals surface area contributed by atoms with Crippen LogP contribution in [0, 0.1) is 6.92 Å². The quantitative estimate of drug-likeness (QED) is 0.208. The highest BCUT2D eigenvalue weighted by molar-refractivity contribution is 14.0. The van der Waals surface area contributed by atoms with Gasteiger partial charge in [-0.1, -0.05) is 6.07 Å². The van der Waals surface area contributed by atoms with Crippen LogP contribution in [0.15, 0.2) is 35.6 Å². The molecule has 0 saturated carbocycles. The summed E-state index contributed by atoms with van der Waals surface area (Å²) in [5.74, 6) is 2.42. The van der Waals surface area contributed by atoms with Gasteiger partial charge in [-0.3, -0.25) is 9.67 Å². The summed E-state index contributed by atoms with van der Waals surface area (Å²) in [5.41, 5.74) is 2.40. The first-order chi connectivity index (χ1) is 13.7. The molecule has 7 nitrogen and oxygen atoms in total. The van der Waals surface area contributed by atoms with Crippen LogP contribution in [0.25, 0.3) is 0 Å². The summed E-state index contributed by atoms with van der Waals surface area (Å²) in [6, 6.07) is 6.11. The molecule has 2 aromatic rings. The number of nitrogens with one attached hydrogen (secondary N) is 2. The monoisotopic (exact) mass is 515 g/mol. The predicted octanol–water partition coefficient (Wildman–Crippen LogP) is 3.40. The lowest BCUT2D eigenvalue weighted by Crippen LogP contribution is -2.39. The minimum Gasteiger partial charge on any atom is -0.493 e. The minimum absolute atomic E-state index is 0. The minimum atomic E-state index is 0. The molecule has 0 spiro atoms. The molecule has 1 aromatic heterocycles. The highest BCUT2D eigenvalue weighted by Crippen LogP contribution is 2.28. The third kappa shape index (κ3) is 8.93. The standard InChI is InChI=1S/C21H33N5O2.HI/c1-5-22-21(24-12-13-26-16-17(3)15-25-26)23-11-7-8-18-9-10-19(27-4)20(14-18)28-6-2;/h9-10,14-16H,5-8,11-13H2,1-4H3,(H2,22,23,24);1H. The highest BCUT2D eigenvalue weighted by Gasteiger charge is 2.05. The van der Waals surface area contributed by atoms with E-state index in [1.54, 1.807) is 7.11 Å². The maximum atomic E-state index is 5.65. The summed E-state index contributed by atoms with van der Waals surface area (Å²) in [7, 11) is 1.66. The number of aryl methyl sites for hydroxylation is 2. The van der Waals surface area contributed by atoms with E-state index >= 15 is 0 Å². The van der Waals surface area contributed by atoms with Gasteiger partial charge < -0.3 is 20.1 Å². The Balaban J connectivity index is 0.00000420. The summed E-state index contributed by atoms with van der Waals surface area (Å²) in [4.78, 5) is 4.67. The van der Waals surface area contributed by atoms with Crippen molar-refractivity contribution in [2.75, 3.05) is 33.4 Å². The third-order valence-corrected chi connectivity index (χ3v) is 4.16. The van der Waals surface area contributed by atoms with Crippen molar-refractivity contribution < 1.29 is 9.47 Å². The Bertz CT molecular complexity index is 748. The Labute approximate surface area is 191 Å². The van der Waals surface area contributed by atoms with Crippen LogP contribution in [-0.2, 0) is 13.0 Å². The Morgan fingerprint density at radius 2 is 2.03 bits per heavy atom. The molecule has 0 amide bonds. The first kappa shape index (κ1) is 25.1. The maximum absolute atomic E-state index is 5.65. The van der Waals surface area contributed by atoms with Gasteiger partial charge in [0.2, 0.25) is 0 Å². The predicted molar refractivity (Wildman–Crippen MR) is 129 cm³/mol. The van der Waals surface area contributed by atoms with Gasteiger partial charge in [-0.2, -0.15) is 5.10 Å². The van der Waals surface area contributed by atoms with Gasteiger partial charge >= 0.3 is 0 Å². The van der Waals surface area contributed by atoms with E-state index in [2.05, 4.69) is 39.8 Å². The molecule has 0 saturated heterocycles. The second kappa shape index (κ2) is 14.1. The normalized spacial score (nSPS) is 11.0. The molecule has 1 heterocycles. The van der Waals surface area contributed by atoms with E-state index in [1.807, 2.05) is 37.0 Å². The molecule has 0 aliphatic rings. The molecule has 0 aliphatic carbocycles. The lowest BCUT2D eigenvalue weighted by atomic mass is 10.1. The zero-order chi connectivity index (χ0) is 20.2. The molecule has 0 atom stereocenters. The smallest absolute Gasteiger partial charge is 0.191 e. The SMILES string of the molecule is CCNC(=NCCCc1ccc(OC)c(OCC)c1)NCCn1cc(C)cn1.I. The van der Waals surface area contributed by atoms with Crippen LogP contribution in [0.1, 0.15) is 31.4 Å². The van der Waals surface area contributed by atoms with Crippen LogP contribution < -0.4 is 20.1 Å². The second-order valence-corrected chi connectivity index (χ2v) is 6.49. The zero-order valence-corrected chi connectivity index (χ0v) is 20.2. The molecule has 0 unspecified atom stereocenters. The van der Waals surface area contributed by atoms with E-state index in [4.69, 9.17) is 9.47 Å². The number of rotatable bonds is 11. The van der Waals surface area contributed by atoms with Crippen LogP contribution >= 0.6 is 24.0 Å². The van der Waals surface area contributed by atoms with Gasteiger partial charge in [-0.15, -0.1) is 24.0 Å². The van der Waals surface area contributed by atoms with Gasteiger partial charge in [-0.05, 0) is 56.9 Å². The van der Waals surface area contributed by atoms with E-state index in [9.17, 15) is 0 Å². The van der Waals surface area contributed by atoms with Gasteiger partial charge in [0.15, 0.2) is 17.5 Å². The summed E-state index contributed by atoms with van der Waals surface area (Å²) in [5, 5.41) is 10.9. The number of hydrogen-bond donors (Lipinski definition) is 2. The van der Waals surface area contributed by atoms with Crippen LogP contribution in [0.2, 0.25) is 0 Å². The number of aliphatic imine (C=N–C) groups is 1. The Morgan fingerprint density at radius 3 is 2.69 bits per heavy atom. The van der Waals surface area contributed by atoms with Crippen molar-refractivity contribution >= 4 is 29.9 Å². The molecular weight excluding hydrogens is 481 g/mol. The topological polar surface area (TPSA) is 72.7 Å². The molecule has 2 N–H and O–H groups in total. The Hall–Kier alpha value is -1.97. The molecule has 162 valence electrons. The van der Waals surface area contributed by atoms with Gasteiger partial charge in [0.25, 0.3) is 0 Å². The van der Waals surface area contributed by atoms with E-state index in [0.29, 0.717) is 6.61 Å². The molecule has 8 heteroatoms. The van der Waals surface area contributed by atoms with Crippen molar-refractivity contribution in [3.63, 3.8) is 0 Å². The average Bonchev–Trinajstić information content (AvgIpc) is 3.10. The Morgan fingerprint density at radius 1 is 1.21 bits per heavy atom. The van der Waals surface area contributed by atoms with E-state index in [0.717, 1.165) is 56.5 Å². The number of guanidine groups is 1. The Kier molecular flexibility index (Phi) is 12.2. The van der Waals surface area contributed by atoms with Crippen LogP contribution in [0.3, 0.4) is 0 Å².